The first-order valence-electron chi connectivity index (χ1n) is 6.50. The molecule has 2 aromatic rings. The maximum atomic E-state index is 5.91. The Morgan fingerprint density at radius 1 is 1.44 bits per heavy atom. The summed E-state index contributed by atoms with van der Waals surface area (Å²) in [6.07, 6.45) is 2.65. The lowest BCUT2D eigenvalue weighted by molar-refractivity contribution is 0.0490. The van der Waals surface area contributed by atoms with Gasteiger partial charge in [0.05, 0.1) is 17.1 Å². The molecule has 0 saturated carbocycles. The van der Waals surface area contributed by atoms with Crippen molar-refractivity contribution in [2.24, 2.45) is 12.8 Å². The van der Waals surface area contributed by atoms with Crippen LogP contribution < -0.4 is 5.73 Å². The van der Waals surface area contributed by atoms with Gasteiger partial charge in [-0.05, 0) is 37.5 Å². The Balaban J connectivity index is 2.05. The molecule has 0 aliphatic carbocycles. The fourth-order valence-electron chi connectivity index (χ4n) is 2.66. The molecule has 1 fully saturated rings. The van der Waals surface area contributed by atoms with Crippen molar-refractivity contribution in [1.29, 1.82) is 0 Å². The number of aryl methyl sites for hydroxylation is 1. The van der Waals surface area contributed by atoms with E-state index in [-0.39, 0.29) is 6.10 Å². The Morgan fingerprint density at radius 3 is 2.94 bits per heavy atom. The molecule has 0 bridgehead atoms. The minimum absolute atomic E-state index is 0.138. The van der Waals surface area contributed by atoms with Gasteiger partial charge in [0.1, 0.15) is 11.9 Å². The lowest BCUT2D eigenvalue weighted by Crippen LogP contribution is -2.07. The number of ether oxygens (including phenoxy) is 1. The molecule has 2 heterocycles. The van der Waals surface area contributed by atoms with E-state index in [2.05, 4.69) is 24.6 Å². The first kappa shape index (κ1) is 11.7. The van der Waals surface area contributed by atoms with Crippen molar-refractivity contribution in [2.75, 3.05) is 0 Å². The van der Waals surface area contributed by atoms with E-state index in [9.17, 15) is 0 Å². The van der Waals surface area contributed by atoms with Gasteiger partial charge in [0.15, 0.2) is 0 Å². The summed E-state index contributed by atoms with van der Waals surface area (Å²) < 4.78 is 8.04. The van der Waals surface area contributed by atoms with Gasteiger partial charge in [0, 0.05) is 13.6 Å². The summed E-state index contributed by atoms with van der Waals surface area (Å²) in [4.78, 5) is 4.70. The van der Waals surface area contributed by atoms with Crippen LogP contribution in [0.4, 0.5) is 0 Å². The van der Waals surface area contributed by atoms with Crippen LogP contribution in [0.25, 0.3) is 11.0 Å². The number of nitrogens with zero attached hydrogens (tertiary/aromatic N) is 2. The average Bonchev–Trinajstić information content (AvgIpc) is 2.94. The standard InChI is InChI=1S/C14H19N3O/c1-9-3-6-13(18-9)14-16-11-5-4-10(8-15)7-12(11)17(14)2/h4-5,7,9,13H,3,6,8,15H2,1-2H3. The molecule has 4 heteroatoms. The molecule has 0 radical (unpaired) electrons. The van der Waals surface area contributed by atoms with Crippen LogP contribution in [0.15, 0.2) is 18.2 Å². The highest BCUT2D eigenvalue weighted by Crippen LogP contribution is 2.33. The summed E-state index contributed by atoms with van der Waals surface area (Å²) in [7, 11) is 2.05. The third-order valence-electron chi connectivity index (χ3n) is 3.74. The second-order valence-corrected chi connectivity index (χ2v) is 5.07. The van der Waals surface area contributed by atoms with E-state index in [1.54, 1.807) is 0 Å². The molecule has 1 aliphatic rings. The molecule has 3 rings (SSSR count). The van der Waals surface area contributed by atoms with Gasteiger partial charge in [0.2, 0.25) is 0 Å². The van der Waals surface area contributed by atoms with Crippen molar-refractivity contribution in [1.82, 2.24) is 9.55 Å². The zero-order valence-corrected chi connectivity index (χ0v) is 10.9. The number of hydrogen-bond donors (Lipinski definition) is 1. The summed E-state index contributed by atoms with van der Waals surface area (Å²) in [5.41, 5.74) is 8.98. The Kier molecular flexibility index (Phi) is 2.84. The molecule has 96 valence electrons. The van der Waals surface area contributed by atoms with E-state index >= 15 is 0 Å². The third-order valence-corrected chi connectivity index (χ3v) is 3.74. The maximum Gasteiger partial charge on any atom is 0.138 e. The van der Waals surface area contributed by atoms with Crippen molar-refractivity contribution in [3.8, 4) is 0 Å². The van der Waals surface area contributed by atoms with Crippen molar-refractivity contribution < 1.29 is 4.74 Å². The quantitative estimate of drug-likeness (QED) is 0.883. The smallest absolute Gasteiger partial charge is 0.138 e. The van der Waals surface area contributed by atoms with Crippen LogP contribution in [0.2, 0.25) is 0 Å². The first-order chi connectivity index (χ1) is 8.69. The fraction of sp³-hybridized carbons (Fsp3) is 0.500. The Hall–Kier alpha value is -1.39. The predicted molar refractivity (Wildman–Crippen MR) is 71.1 cm³/mol. The van der Waals surface area contributed by atoms with Crippen LogP contribution in [0.3, 0.4) is 0 Å². The lowest BCUT2D eigenvalue weighted by atomic mass is 10.2. The average molecular weight is 245 g/mol. The molecule has 1 aromatic carbocycles. The van der Waals surface area contributed by atoms with Gasteiger partial charge >= 0.3 is 0 Å². The number of nitrogens with two attached hydrogens (primary N) is 1. The van der Waals surface area contributed by atoms with E-state index in [0.717, 1.165) is 35.3 Å². The van der Waals surface area contributed by atoms with E-state index in [4.69, 9.17) is 15.5 Å². The Labute approximate surface area is 107 Å². The van der Waals surface area contributed by atoms with Crippen LogP contribution >= 0.6 is 0 Å². The normalized spacial score (nSPS) is 23.9. The van der Waals surface area contributed by atoms with E-state index in [1.165, 1.54) is 0 Å². The third kappa shape index (κ3) is 1.82. The zero-order valence-electron chi connectivity index (χ0n) is 10.9. The van der Waals surface area contributed by atoms with Crippen molar-refractivity contribution in [3.05, 3.63) is 29.6 Å². The molecule has 1 saturated heterocycles. The number of aromatic nitrogens is 2. The van der Waals surface area contributed by atoms with Gasteiger partial charge in [-0.2, -0.15) is 0 Å². The summed E-state index contributed by atoms with van der Waals surface area (Å²) in [6.45, 7) is 2.68. The summed E-state index contributed by atoms with van der Waals surface area (Å²) in [6, 6.07) is 6.20. The van der Waals surface area contributed by atoms with Gasteiger partial charge in [-0.1, -0.05) is 6.07 Å². The molecule has 0 amide bonds. The highest BCUT2D eigenvalue weighted by atomic mass is 16.5. The summed E-state index contributed by atoms with van der Waals surface area (Å²) >= 11 is 0. The predicted octanol–water partition coefficient (Wildman–Crippen LogP) is 2.27. The van der Waals surface area contributed by atoms with Gasteiger partial charge < -0.3 is 15.0 Å². The molecule has 2 N–H and O–H groups in total. The zero-order chi connectivity index (χ0) is 12.7. The minimum Gasteiger partial charge on any atom is -0.367 e. The van der Waals surface area contributed by atoms with Gasteiger partial charge in [0.25, 0.3) is 0 Å². The van der Waals surface area contributed by atoms with E-state index in [0.29, 0.717) is 12.6 Å². The van der Waals surface area contributed by atoms with Gasteiger partial charge in [-0.25, -0.2) is 4.98 Å². The SMILES string of the molecule is CC1CCC(c2nc3ccc(CN)cc3n2C)O1. The molecule has 1 aromatic heterocycles. The van der Waals surface area contributed by atoms with Crippen molar-refractivity contribution >= 4 is 11.0 Å². The molecule has 4 nitrogen and oxygen atoms in total. The van der Waals surface area contributed by atoms with Crippen LogP contribution in [0.5, 0.6) is 0 Å². The fourth-order valence-corrected chi connectivity index (χ4v) is 2.66. The minimum atomic E-state index is 0.138. The summed E-state index contributed by atoms with van der Waals surface area (Å²) in [5.74, 6) is 1.03. The number of hydrogen-bond acceptors (Lipinski definition) is 3. The van der Waals surface area contributed by atoms with Gasteiger partial charge in [-0.3, -0.25) is 0 Å². The largest absolute Gasteiger partial charge is 0.367 e. The molecule has 2 unspecified atom stereocenters. The number of imidazole rings is 1. The molecule has 1 aliphatic heterocycles. The molecule has 0 spiro atoms. The molecule has 18 heavy (non-hydrogen) atoms. The van der Waals surface area contributed by atoms with Crippen molar-refractivity contribution in [2.45, 2.75) is 38.5 Å². The van der Waals surface area contributed by atoms with E-state index < -0.39 is 0 Å². The van der Waals surface area contributed by atoms with Crippen LogP contribution in [0, 0.1) is 0 Å². The molecular weight excluding hydrogens is 226 g/mol. The first-order valence-corrected chi connectivity index (χ1v) is 6.50. The Bertz CT molecular complexity index is 576. The maximum absolute atomic E-state index is 5.91. The van der Waals surface area contributed by atoms with Crippen molar-refractivity contribution in [3.63, 3.8) is 0 Å². The Morgan fingerprint density at radius 2 is 2.28 bits per heavy atom. The van der Waals surface area contributed by atoms with E-state index in [1.807, 2.05) is 12.1 Å². The van der Waals surface area contributed by atoms with Gasteiger partial charge in [-0.15, -0.1) is 0 Å². The lowest BCUT2D eigenvalue weighted by Gasteiger charge is -2.10. The second-order valence-electron chi connectivity index (χ2n) is 5.07. The highest BCUT2D eigenvalue weighted by Gasteiger charge is 2.27. The van der Waals surface area contributed by atoms with Crippen LogP contribution in [0.1, 0.15) is 37.3 Å². The van der Waals surface area contributed by atoms with Crippen LogP contribution in [-0.4, -0.2) is 15.7 Å². The number of rotatable bonds is 2. The molecule has 2 atom stereocenters. The number of fused-ring (bicyclic) bond motifs is 1. The highest BCUT2D eigenvalue weighted by molar-refractivity contribution is 5.77. The van der Waals surface area contributed by atoms with Crippen LogP contribution in [-0.2, 0) is 18.3 Å². The second kappa shape index (κ2) is 4.37. The number of benzene rings is 1. The topological polar surface area (TPSA) is 53.1 Å². The summed E-state index contributed by atoms with van der Waals surface area (Å²) in [5, 5.41) is 0. The monoisotopic (exact) mass is 245 g/mol. The molecular formula is C14H19N3O.